The number of thioether (sulfide) groups is 1. The number of nitrogens with one attached hydrogen (secondary N) is 1. The normalized spacial score (nSPS) is 31.2. The molecule has 0 spiro atoms. The molecule has 2 saturated heterocycles. The molecule has 1 N–H and O–H groups in total. The van der Waals surface area contributed by atoms with Crippen molar-refractivity contribution in [2.45, 2.75) is 75.5 Å². The number of nitrogens with zero attached hydrogens (tertiary/aromatic N) is 2. The van der Waals surface area contributed by atoms with Gasteiger partial charge in [-0.25, -0.2) is 0 Å². The minimum atomic E-state index is -0.339. The Hall–Kier alpha value is -0.590. The van der Waals surface area contributed by atoms with Crippen molar-refractivity contribution in [3.05, 3.63) is 0 Å². The summed E-state index contributed by atoms with van der Waals surface area (Å²) in [7, 11) is 0. The number of amidine groups is 1. The molecule has 6 heteroatoms. The Kier molecular flexibility index (Phi) is 7.19. The van der Waals surface area contributed by atoms with Crippen molar-refractivity contribution in [1.29, 1.82) is 0 Å². The van der Waals surface area contributed by atoms with Crippen LogP contribution in [0, 0.1) is 0 Å². The van der Waals surface area contributed by atoms with Gasteiger partial charge in [0, 0.05) is 13.1 Å². The van der Waals surface area contributed by atoms with Gasteiger partial charge in [0.2, 0.25) is 5.91 Å². The molecule has 2 heterocycles. The summed E-state index contributed by atoms with van der Waals surface area (Å²) in [6, 6.07) is 0.411. The molecule has 1 atom stereocenters. The third-order valence-corrected chi connectivity index (χ3v) is 6.87. The van der Waals surface area contributed by atoms with Crippen molar-refractivity contribution >= 4 is 22.8 Å². The zero-order chi connectivity index (χ0) is 17.5. The molecule has 0 aromatic heterocycles. The molecule has 3 rings (SSSR count). The van der Waals surface area contributed by atoms with E-state index in [2.05, 4.69) is 17.1 Å². The lowest BCUT2D eigenvalue weighted by molar-refractivity contribution is -0.121. The summed E-state index contributed by atoms with van der Waals surface area (Å²) >= 11 is 1.66. The third-order valence-electron chi connectivity index (χ3n) is 5.63. The van der Waals surface area contributed by atoms with Gasteiger partial charge in [-0.1, -0.05) is 43.9 Å². The Morgan fingerprint density at radius 3 is 2.64 bits per heavy atom. The molecular formula is C19H33N3O2S. The maximum absolute atomic E-state index is 12.5. The van der Waals surface area contributed by atoms with E-state index in [4.69, 9.17) is 9.73 Å². The van der Waals surface area contributed by atoms with E-state index in [9.17, 15) is 4.79 Å². The second kappa shape index (κ2) is 9.38. The van der Waals surface area contributed by atoms with Gasteiger partial charge in [0.1, 0.15) is 0 Å². The van der Waals surface area contributed by atoms with E-state index < -0.39 is 0 Å². The smallest absolute Gasteiger partial charge is 0.242 e. The van der Waals surface area contributed by atoms with Gasteiger partial charge in [0.25, 0.3) is 0 Å². The van der Waals surface area contributed by atoms with Crippen molar-refractivity contribution in [1.82, 2.24) is 10.2 Å². The molecule has 1 saturated carbocycles. The summed E-state index contributed by atoms with van der Waals surface area (Å²) in [6.07, 6.45) is 10.7. The Balaban J connectivity index is 1.43. The fourth-order valence-electron chi connectivity index (χ4n) is 3.91. The molecule has 0 aromatic rings. The lowest BCUT2D eigenvalue weighted by atomic mass is 10.0. The molecule has 25 heavy (non-hydrogen) atoms. The molecule has 2 aliphatic heterocycles. The average Bonchev–Trinajstić information content (AvgIpc) is 2.79. The monoisotopic (exact) mass is 367 g/mol. The summed E-state index contributed by atoms with van der Waals surface area (Å²) in [4.78, 5) is 19.8. The van der Waals surface area contributed by atoms with Crippen LogP contribution in [0.15, 0.2) is 4.99 Å². The summed E-state index contributed by atoms with van der Waals surface area (Å²) < 4.78 is 5.05. The summed E-state index contributed by atoms with van der Waals surface area (Å²) in [6.45, 7) is 7.01. The lowest BCUT2D eigenvalue weighted by Gasteiger charge is -2.27. The predicted octanol–water partition coefficient (Wildman–Crippen LogP) is 3.19. The molecular weight excluding hydrogens is 334 g/mol. The Bertz CT molecular complexity index is 471. The van der Waals surface area contributed by atoms with E-state index in [-0.39, 0.29) is 10.7 Å². The Labute approximate surface area is 156 Å². The van der Waals surface area contributed by atoms with Crippen LogP contribution in [0.1, 0.15) is 64.7 Å². The second-order valence-corrected chi connectivity index (χ2v) is 9.27. The number of carbonyl (C=O) groups is 1. The first kappa shape index (κ1) is 19.2. The van der Waals surface area contributed by atoms with E-state index in [0.717, 1.165) is 57.3 Å². The number of amides is 1. The van der Waals surface area contributed by atoms with Gasteiger partial charge in [0.15, 0.2) is 5.17 Å². The van der Waals surface area contributed by atoms with E-state index in [1.165, 1.54) is 38.5 Å². The highest BCUT2D eigenvalue weighted by atomic mass is 32.2. The molecule has 1 amide bonds. The topological polar surface area (TPSA) is 53.9 Å². The zero-order valence-electron chi connectivity index (χ0n) is 15.6. The van der Waals surface area contributed by atoms with Crippen LogP contribution in [-0.2, 0) is 9.53 Å². The second-order valence-electron chi connectivity index (χ2n) is 7.78. The van der Waals surface area contributed by atoms with Gasteiger partial charge in [0.05, 0.1) is 24.0 Å². The van der Waals surface area contributed by atoms with Gasteiger partial charge in [-0.3, -0.25) is 14.7 Å². The number of unbranched alkanes of at least 4 members (excludes halogenated alkanes) is 1. The van der Waals surface area contributed by atoms with Crippen molar-refractivity contribution in [3.63, 3.8) is 0 Å². The van der Waals surface area contributed by atoms with Crippen LogP contribution in [0.4, 0.5) is 0 Å². The molecule has 142 valence electrons. The number of hydrogen-bond acceptors (Lipinski definition) is 5. The highest BCUT2D eigenvalue weighted by Crippen LogP contribution is 2.37. The minimum Gasteiger partial charge on any atom is -0.379 e. The molecule has 5 nitrogen and oxygen atoms in total. The zero-order valence-corrected chi connectivity index (χ0v) is 16.4. The van der Waals surface area contributed by atoms with Crippen molar-refractivity contribution in [2.24, 2.45) is 4.99 Å². The summed E-state index contributed by atoms with van der Waals surface area (Å²) in [5.74, 6) is 0.149. The van der Waals surface area contributed by atoms with Crippen molar-refractivity contribution in [2.75, 3.05) is 32.8 Å². The van der Waals surface area contributed by atoms with E-state index >= 15 is 0 Å². The summed E-state index contributed by atoms with van der Waals surface area (Å²) in [5, 5.41) is 3.92. The molecule has 3 aliphatic rings. The molecule has 0 radical (unpaired) electrons. The number of hydrogen-bond donors (Lipinski definition) is 1. The molecule has 1 aliphatic carbocycles. The van der Waals surface area contributed by atoms with Gasteiger partial charge in [-0.05, 0) is 39.2 Å². The van der Waals surface area contributed by atoms with Gasteiger partial charge >= 0.3 is 0 Å². The van der Waals surface area contributed by atoms with Crippen LogP contribution < -0.4 is 5.32 Å². The maximum atomic E-state index is 12.5. The highest BCUT2D eigenvalue weighted by Gasteiger charge is 2.42. The van der Waals surface area contributed by atoms with Crippen molar-refractivity contribution in [3.8, 4) is 0 Å². The number of ether oxygens (including phenoxy) is 1. The third kappa shape index (κ3) is 5.69. The van der Waals surface area contributed by atoms with E-state index in [1.54, 1.807) is 11.8 Å². The predicted molar refractivity (Wildman–Crippen MR) is 104 cm³/mol. The Morgan fingerprint density at radius 1 is 1.20 bits per heavy atom. The Morgan fingerprint density at radius 2 is 1.92 bits per heavy atom. The van der Waals surface area contributed by atoms with E-state index in [0.29, 0.717) is 6.04 Å². The number of carbonyl (C=O) groups excluding carboxylic acids is 1. The van der Waals surface area contributed by atoms with Gasteiger partial charge in [-0.15, -0.1) is 0 Å². The van der Waals surface area contributed by atoms with Crippen LogP contribution in [-0.4, -0.2) is 59.6 Å². The first-order valence-corrected chi connectivity index (χ1v) is 10.9. The fraction of sp³-hybridized carbons (Fsp3) is 0.895. The number of morpholine rings is 1. The van der Waals surface area contributed by atoms with Crippen molar-refractivity contribution < 1.29 is 9.53 Å². The van der Waals surface area contributed by atoms with Crippen LogP contribution in [0.25, 0.3) is 0 Å². The quantitative estimate of drug-likeness (QED) is 0.579. The summed E-state index contributed by atoms with van der Waals surface area (Å²) in [5.41, 5.74) is 0. The number of rotatable bonds is 6. The SMILES string of the molecule is CC1(CCCCN2CCOCC2)SC(=NC2CCCCCC2)NC1=O. The van der Waals surface area contributed by atoms with Crippen LogP contribution >= 0.6 is 11.8 Å². The molecule has 0 aromatic carbocycles. The van der Waals surface area contributed by atoms with Gasteiger partial charge < -0.3 is 10.1 Å². The maximum Gasteiger partial charge on any atom is 0.242 e. The molecule has 3 fully saturated rings. The van der Waals surface area contributed by atoms with Crippen LogP contribution in [0.3, 0.4) is 0 Å². The first-order chi connectivity index (χ1) is 12.2. The minimum absolute atomic E-state index is 0.149. The molecule has 1 unspecified atom stereocenters. The fourth-order valence-corrected chi connectivity index (χ4v) is 5.08. The largest absolute Gasteiger partial charge is 0.379 e. The van der Waals surface area contributed by atoms with Crippen LogP contribution in [0.5, 0.6) is 0 Å². The van der Waals surface area contributed by atoms with Crippen LogP contribution in [0.2, 0.25) is 0 Å². The lowest BCUT2D eigenvalue weighted by Crippen LogP contribution is -2.37. The first-order valence-electron chi connectivity index (χ1n) is 10.0. The standard InChI is InChI=1S/C19H33N3O2S/c1-19(10-6-7-11-22-12-14-24-15-13-22)17(23)21-18(25-19)20-16-8-4-2-3-5-9-16/h16H,2-15H2,1H3,(H,20,21,23). The van der Waals surface area contributed by atoms with Gasteiger partial charge in [-0.2, -0.15) is 0 Å². The highest BCUT2D eigenvalue weighted by molar-refractivity contribution is 8.16. The number of aliphatic imine (C=N–C) groups is 1. The molecule has 0 bridgehead atoms. The van der Waals surface area contributed by atoms with E-state index in [1.807, 2.05) is 0 Å². The average molecular weight is 368 g/mol.